The molecule has 2 heterocycles. The number of pyridine rings is 1. The zero-order chi connectivity index (χ0) is 21.4. The van der Waals surface area contributed by atoms with E-state index < -0.39 is 0 Å². The van der Waals surface area contributed by atoms with Crippen LogP contribution in [0, 0.1) is 22.7 Å². The van der Waals surface area contributed by atoms with Crippen LogP contribution in [0.4, 0.5) is 5.82 Å². The predicted octanol–water partition coefficient (Wildman–Crippen LogP) is 6.31. The largest absolute Gasteiger partial charge is 0.359 e. The molecule has 160 valence electrons. The van der Waals surface area contributed by atoms with Crippen LogP contribution in [0.15, 0.2) is 23.3 Å². The van der Waals surface area contributed by atoms with Crippen LogP contribution in [-0.2, 0) is 0 Å². The van der Waals surface area contributed by atoms with Crippen LogP contribution in [0.25, 0.3) is 0 Å². The van der Waals surface area contributed by atoms with Crippen molar-refractivity contribution >= 4 is 22.6 Å². The average Bonchev–Trinajstić information content (AvgIpc) is 3.15. The number of nitrogens with zero attached hydrogens (tertiary/aromatic N) is 4. The van der Waals surface area contributed by atoms with E-state index in [9.17, 15) is 5.26 Å². The van der Waals surface area contributed by atoms with Gasteiger partial charge in [0.05, 0.1) is 22.6 Å². The molecular weight excluding hydrogens is 376 g/mol. The van der Waals surface area contributed by atoms with Crippen LogP contribution in [0.1, 0.15) is 78.7 Å². The molecule has 2 rings (SSSR count). The van der Waals surface area contributed by atoms with Crippen LogP contribution >= 0.6 is 11.8 Å². The fourth-order valence-corrected chi connectivity index (χ4v) is 5.28. The zero-order valence-electron chi connectivity index (χ0n) is 19.1. The maximum absolute atomic E-state index is 9.47. The molecule has 4 nitrogen and oxygen atoms in total. The second-order valence-electron chi connectivity index (χ2n) is 8.81. The quantitative estimate of drug-likeness (QED) is 0.425. The van der Waals surface area contributed by atoms with Crippen molar-refractivity contribution in [1.29, 1.82) is 5.26 Å². The number of aliphatic imine (C=N–C) groups is 1. The van der Waals surface area contributed by atoms with Crippen molar-refractivity contribution in [2.75, 3.05) is 18.5 Å². The monoisotopic (exact) mass is 414 g/mol. The molecule has 0 N–H and O–H groups in total. The summed E-state index contributed by atoms with van der Waals surface area (Å²) in [5.41, 5.74) is 0.901. The van der Waals surface area contributed by atoms with Crippen LogP contribution in [0.2, 0.25) is 0 Å². The SMILES string of the molecule is CCCC(C)CN(C)c1ccc(C2=NC(CC)C(CCC(C)(C#N)CC)S2)cn1. The van der Waals surface area contributed by atoms with Gasteiger partial charge in [0.15, 0.2) is 0 Å². The minimum Gasteiger partial charge on any atom is -0.359 e. The molecule has 0 saturated carbocycles. The fraction of sp³-hybridized carbons (Fsp3) is 0.708. The molecular formula is C24H38N4S. The highest BCUT2D eigenvalue weighted by atomic mass is 32.2. The third-order valence-electron chi connectivity index (χ3n) is 6.18. The predicted molar refractivity (Wildman–Crippen MR) is 127 cm³/mol. The Kier molecular flexibility index (Phi) is 9.02. The first kappa shape index (κ1) is 23.7. The summed E-state index contributed by atoms with van der Waals surface area (Å²) in [5.74, 6) is 1.70. The molecule has 1 aliphatic rings. The topological polar surface area (TPSA) is 52.3 Å². The van der Waals surface area contributed by atoms with E-state index in [1.165, 1.54) is 12.8 Å². The van der Waals surface area contributed by atoms with E-state index in [-0.39, 0.29) is 5.41 Å². The fourth-order valence-electron chi connectivity index (χ4n) is 3.89. The second-order valence-corrected chi connectivity index (χ2v) is 10.0. The molecule has 0 amide bonds. The van der Waals surface area contributed by atoms with Gasteiger partial charge in [0, 0.05) is 30.6 Å². The molecule has 4 atom stereocenters. The minimum absolute atomic E-state index is 0.218. The summed E-state index contributed by atoms with van der Waals surface area (Å²) in [7, 11) is 2.12. The summed E-state index contributed by atoms with van der Waals surface area (Å²) in [6, 6.07) is 7.13. The summed E-state index contributed by atoms with van der Waals surface area (Å²) in [6.45, 7) is 12.0. The van der Waals surface area contributed by atoms with E-state index in [0.29, 0.717) is 17.2 Å². The van der Waals surface area contributed by atoms with Crippen molar-refractivity contribution in [3.8, 4) is 6.07 Å². The number of aromatic nitrogens is 1. The van der Waals surface area contributed by atoms with Gasteiger partial charge >= 0.3 is 0 Å². The van der Waals surface area contributed by atoms with Crippen LogP contribution in [-0.4, -0.2) is 34.9 Å². The molecule has 29 heavy (non-hydrogen) atoms. The van der Waals surface area contributed by atoms with Crippen molar-refractivity contribution in [3.63, 3.8) is 0 Å². The molecule has 0 bridgehead atoms. The second kappa shape index (κ2) is 11.0. The summed E-state index contributed by atoms with van der Waals surface area (Å²) < 4.78 is 0. The van der Waals surface area contributed by atoms with Gasteiger partial charge in [-0.15, -0.1) is 11.8 Å². The van der Waals surface area contributed by atoms with Gasteiger partial charge in [0.25, 0.3) is 0 Å². The van der Waals surface area contributed by atoms with Crippen molar-refractivity contribution in [1.82, 2.24) is 4.98 Å². The molecule has 1 aliphatic heterocycles. The minimum atomic E-state index is -0.218. The molecule has 0 saturated heterocycles. The smallest absolute Gasteiger partial charge is 0.128 e. The van der Waals surface area contributed by atoms with Crippen molar-refractivity contribution < 1.29 is 0 Å². The van der Waals surface area contributed by atoms with Gasteiger partial charge in [-0.2, -0.15) is 5.26 Å². The highest BCUT2D eigenvalue weighted by Crippen LogP contribution is 2.38. The zero-order valence-corrected chi connectivity index (χ0v) is 19.9. The van der Waals surface area contributed by atoms with E-state index in [1.54, 1.807) is 0 Å². The Labute approximate surface area is 182 Å². The van der Waals surface area contributed by atoms with Crippen LogP contribution in [0.5, 0.6) is 0 Å². The Hall–Kier alpha value is -1.54. The number of rotatable bonds is 11. The van der Waals surface area contributed by atoms with Crippen molar-refractivity contribution in [2.24, 2.45) is 16.3 Å². The lowest BCUT2D eigenvalue weighted by Crippen LogP contribution is -2.24. The van der Waals surface area contributed by atoms with Crippen LogP contribution < -0.4 is 4.90 Å². The summed E-state index contributed by atoms with van der Waals surface area (Å²) in [6.07, 6.45) is 8.37. The van der Waals surface area contributed by atoms with Gasteiger partial charge in [-0.05, 0) is 57.1 Å². The van der Waals surface area contributed by atoms with E-state index in [2.05, 4.69) is 64.8 Å². The van der Waals surface area contributed by atoms with E-state index >= 15 is 0 Å². The van der Waals surface area contributed by atoms with Gasteiger partial charge in [-0.3, -0.25) is 4.99 Å². The summed E-state index contributed by atoms with van der Waals surface area (Å²) in [4.78, 5) is 12.0. The number of hydrogen-bond donors (Lipinski definition) is 0. The van der Waals surface area contributed by atoms with E-state index in [4.69, 9.17) is 9.98 Å². The lowest BCUT2D eigenvalue weighted by atomic mass is 9.83. The first-order valence-corrected chi connectivity index (χ1v) is 12.1. The van der Waals surface area contributed by atoms with Gasteiger partial charge < -0.3 is 4.90 Å². The highest BCUT2D eigenvalue weighted by Gasteiger charge is 2.32. The number of hydrogen-bond acceptors (Lipinski definition) is 5. The third-order valence-corrected chi connectivity index (χ3v) is 7.59. The Morgan fingerprint density at radius 1 is 1.31 bits per heavy atom. The van der Waals surface area contributed by atoms with Crippen molar-refractivity contribution in [3.05, 3.63) is 23.9 Å². The molecule has 5 heteroatoms. The molecule has 0 aliphatic carbocycles. The normalized spacial score (nSPS) is 21.9. The first-order chi connectivity index (χ1) is 13.9. The van der Waals surface area contributed by atoms with Gasteiger partial charge in [-0.1, -0.05) is 34.1 Å². The summed E-state index contributed by atoms with van der Waals surface area (Å²) >= 11 is 1.88. The molecule has 1 aromatic rings. The Bertz CT molecular complexity index is 709. The summed E-state index contributed by atoms with van der Waals surface area (Å²) in [5, 5.41) is 11.0. The molecule has 0 aromatic carbocycles. The first-order valence-electron chi connectivity index (χ1n) is 11.2. The maximum Gasteiger partial charge on any atom is 0.128 e. The standard InChI is InChI=1S/C24H38N4S/c1-7-10-18(4)16-28(6)22-12-11-19(15-26-22)23-27-20(8-2)21(29-23)13-14-24(5,9-3)17-25/h11-12,15,18,20-21H,7-10,13-14,16H2,1-6H3. The van der Waals surface area contributed by atoms with Gasteiger partial charge in [-0.25, -0.2) is 4.98 Å². The van der Waals surface area contributed by atoms with E-state index in [0.717, 1.165) is 48.7 Å². The number of thioether (sulfide) groups is 1. The van der Waals surface area contributed by atoms with Crippen molar-refractivity contribution in [2.45, 2.75) is 84.4 Å². The van der Waals surface area contributed by atoms with Crippen LogP contribution in [0.3, 0.4) is 0 Å². The Morgan fingerprint density at radius 2 is 2.07 bits per heavy atom. The third kappa shape index (κ3) is 6.47. The Morgan fingerprint density at radius 3 is 2.62 bits per heavy atom. The van der Waals surface area contributed by atoms with Gasteiger partial charge in [0.1, 0.15) is 5.82 Å². The number of anilines is 1. The lowest BCUT2D eigenvalue weighted by Gasteiger charge is -2.23. The maximum atomic E-state index is 9.47. The van der Waals surface area contributed by atoms with E-state index in [1.807, 2.05) is 18.0 Å². The molecule has 4 unspecified atom stereocenters. The molecule has 0 spiro atoms. The van der Waals surface area contributed by atoms with Gasteiger partial charge in [0.2, 0.25) is 0 Å². The molecule has 1 aromatic heterocycles. The Balaban J connectivity index is 2.01. The molecule has 0 radical (unpaired) electrons. The average molecular weight is 415 g/mol. The highest BCUT2D eigenvalue weighted by molar-refractivity contribution is 8.15. The lowest BCUT2D eigenvalue weighted by molar-refractivity contribution is 0.368. The number of nitriles is 1. The molecule has 0 fully saturated rings.